The Morgan fingerprint density at radius 1 is 0.967 bits per heavy atom. The highest BCUT2D eigenvalue weighted by atomic mass is 32.2. The maximum atomic E-state index is 13.6. The Morgan fingerprint density at radius 3 is 2.17 bits per heavy atom. The van der Waals surface area contributed by atoms with Gasteiger partial charge >= 0.3 is 0 Å². The van der Waals surface area contributed by atoms with E-state index >= 15 is 0 Å². The first kappa shape index (κ1) is 23.4. The summed E-state index contributed by atoms with van der Waals surface area (Å²) in [5.41, 5.74) is 0.298. The number of amides is 2. The van der Waals surface area contributed by atoms with Crippen LogP contribution in [0.4, 0.5) is 8.78 Å². The van der Waals surface area contributed by atoms with E-state index in [0.29, 0.717) is 24.7 Å². The molecule has 0 heterocycles. The molecule has 0 aliphatic carbocycles. The summed E-state index contributed by atoms with van der Waals surface area (Å²) in [6, 6.07) is 8.63. The number of benzene rings is 2. The molecular formula is C20H23F2N3O4S. The standard InChI is InChI=1S/C20H23F2N3O4S/c1-3-25(4-2)30(28,29)16-8-5-14(6-9-16)12-23-19(26)13-24-20(27)17-10-7-15(21)11-18(17)22/h5-11H,3-4,12-13H2,1-2H3,(H,23,26)(H,24,27). The zero-order valence-electron chi connectivity index (χ0n) is 16.6. The minimum absolute atomic E-state index is 0.116. The molecule has 0 saturated carbocycles. The SMILES string of the molecule is CCN(CC)S(=O)(=O)c1ccc(CNC(=O)CNC(=O)c2ccc(F)cc2F)cc1. The second-order valence-electron chi connectivity index (χ2n) is 6.32. The number of rotatable bonds is 9. The van der Waals surface area contributed by atoms with Crippen molar-refractivity contribution in [1.82, 2.24) is 14.9 Å². The molecule has 2 N–H and O–H groups in total. The quantitative estimate of drug-likeness (QED) is 0.625. The van der Waals surface area contributed by atoms with Crippen molar-refractivity contribution in [1.29, 1.82) is 0 Å². The molecule has 2 rings (SSSR count). The van der Waals surface area contributed by atoms with Gasteiger partial charge in [0.15, 0.2) is 0 Å². The zero-order chi connectivity index (χ0) is 22.3. The van der Waals surface area contributed by atoms with Crippen LogP contribution in [0.2, 0.25) is 0 Å². The monoisotopic (exact) mass is 439 g/mol. The van der Waals surface area contributed by atoms with Crippen LogP contribution in [0, 0.1) is 11.6 Å². The summed E-state index contributed by atoms with van der Waals surface area (Å²) < 4.78 is 52.7. The summed E-state index contributed by atoms with van der Waals surface area (Å²) in [5.74, 6) is -3.19. The van der Waals surface area contributed by atoms with Crippen molar-refractivity contribution in [3.63, 3.8) is 0 Å². The normalized spacial score (nSPS) is 11.4. The number of carbonyl (C=O) groups is 2. The zero-order valence-corrected chi connectivity index (χ0v) is 17.4. The van der Waals surface area contributed by atoms with E-state index in [0.717, 1.165) is 12.1 Å². The molecule has 0 saturated heterocycles. The Kier molecular flexibility index (Phi) is 8.01. The summed E-state index contributed by atoms with van der Waals surface area (Å²) in [5, 5.41) is 4.82. The molecule has 0 unspecified atom stereocenters. The van der Waals surface area contributed by atoms with Crippen LogP contribution in [0.1, 0.15) is 29.8 Å². The summed E-state index contributed by atoms with van der Waals surface area (Å²) in [6.45, 7) is 3.96. The summed E-state index contributed by atoms with van der Waals surface area (Å²) >= 11 is 0. The molecule has 2 aromatic carbocycles. The van der Waals surface area contributed by atoms with E-state index in [2.05, 4.69) is 10.6 Å². The van der Waals surface area contributed by atoms with Gasteiger partial charge in [-0.1, -0.05) is 26.0 Å². The van der Waals surface area contributed by atoms with Crippen LogP contribution in [0.5, 0.6) is 0 Å². The van der Waals surface area contributed by atoms with Crippen LogP contribution < -0.4 is 10.6 Å². The Balaban J connectivity index is 1.88. The lowest BCUT2D eigenvalue weighted by atomic mass is 10.2. The number of hydrogen-bond donors (Lipinski definition) is 2. The third-order valence-corrected chi connectivity index (χ3v) is 6.41. The molecule has 30 heavy (non-hydrogen) atoms. The molecule has 7 nitrogen and oxygen atoms in total. The Morgan fingerprint density at radius 2 is 1.60 bits per heavy atom. The predicted molar refractivity (Wildman–Crippen MR) is 107 cm³/mol. The first-order chi connectivity index (χ1) is 14.2. The Hall–Kier alpha value is -2.85. The van der Waals surface area contributed by atoms with Gasteiger partial charge in [-0.2, -0.15) is 4.31 Å². The van der Waals surface area contributed by atoms with Gasteiger partial charge in [0.2, 0.25) is 15.9 Å². The van der Waals surface area contributed by atoms with Crippen LogP contribution in [-0.2, 0) is 21.4 Å². The molecule has 0 radical (unpaired) electrons. The van der Waals surface area contributed by atoms with Crippen LogP contribution in [-0.4, -0.2) is 44.2 Å². The van der Waals surface area contributed by atoms with Gasteiger partial charge in [-0.25, -0.2) is 17.2 Å². The van der Waals surface area contributed by atoms with Crippen LogP contribution in [0.15, 0.2) is 47.4 Å². The average Bonchev–Trinajstić information content (AvgIpc) is 2.71. The lowest BCUT2D eigenvalue weighted by Gasteiger charge is -2.18. The van der Waals surface area contributed by atoms with E-state index in [1.807, 2.05) is 0 Å². The fourth-order valence-electron chi connectivity index (χ4n) is 2.68. The summed E-state index contributed by atoms with van der Waals surface area (Å²) in [4.78, 5) is 23.9. The van der Waals surface area contributed by atoms with Crippen molar-refractivity contribution in [2.75, 3.05) is 19.6 Å². The van der Waals surface area contributed by atoms with Gasteiger partial charge < -0.3 is 10.6 Å². The third-order valence-electron chi connectivity index (χ3n) is 4.34. The van der Waals surface area contributed by atoms with Crippen LogP contribution in [0.25, 0.3) is 0 Å². The van der Waals surface area contributed by atoms with Gasteiger partial charge in [-0.3, -0.25) is 9.59 Å². The number of nitrogens with zero attached hydrogens (tertiary/aromatic N) is 1. The number of sulfonamides is 1. The highest BCUT2D eigenvalue weighted by Gasteiger charge is 2.21. The van der Waals surface area contributed by atoms with Crippen molar-refractivity contribution in [2.24, 2.45) is 0 Å². The number of carbonyl (C=O) groups excluding carboxylic acids is 2. The highest BCUT2D eigenvalue weighted by molar-refractivity contribution is 7.89. The van der Waals surface area contributed by atoms with E-state index < -0.39 is 40.0 Å². The molecule has 162 valence electrons. The van der Waals surface area contributed by atoms with Gasteiger partial charge in [0, 0.05) is 25.7 Å². The van der Waals surface area contributed by atoms with Crippen molar-refractivity contribution in [3.05, 3.63) is 65.2 Å². The second-order valence-corrected chi connectivity index (χ2v) is 8.25. The van der Waals surface area contributed by atoms with Crippen molar-refractivity contribution < 1.29 is 26.8 Å². The summed E-state index contributed by atoms with van der Waals surface area (Å²) in [6.07, 6.45) is 0. The molecule has 0 aromatic heterocycles. The predicted octanol–water partition coefficient (Wildman–Crippen LogP) is 2.04. The summed E-state index contributed by atoms with van der Waals surface area (Å²) in [7, 11) is -3.56. The molecule has 2 amide bonds. The molecule has 2 aromatic rings. The van der Waals surface area contributed by atoms with Crippen LogP contribution in [0.3, 0.4) is 0 Å². The topological polar surface area (TPSA) is 95.6 Å². The number of hydrogen-bond acceptors (Lipinski definition) is 4. The molecule has 0 aliphatic rings. The van der Waals surface area contributed by atoms with Gasteiger partial charge in [-0.15, -0.1) is 0 Å². The van der Waals surface area contributed by atoms with E-state index in [9.17, 15) is 26.8 Å². The molecule has 0 aliphatic heterocycles. The van der Waals surface area contributed by atoms with E-state index in [4.69, 9.17) is 0 Å². The lowest BCUT2D eigenvalue weighted by Crippen LogP contribution is -2.37. The fourth-order valence-corrected chi connectivity index (χ4v) is 4.14. The van der Waals surface area contributed by atoms with Crippen molar-refractivity contribution in [2.45, 2.75) is 25.3 Å². The Labute approximate surface area is 174 Å². The van der Waals surface area contributed by atoms with Crippen molar-refractivity contribution >= 4 is 21.8 Å². The molecule has 0 atom stereocenters. The van der Waals surface area contributed by atoms with Crippen LogP contribution >= 0.6 is 0 Å². The maximum Gasteiger partial charge on any atom is 0.254 e. The highest BCUT2D eigenvalue weighted by Crippen LogP contribution is 2.16. The molecule has 0 bridgehead atoms. The molecular weight excluding hydrogens is 416 g/mol. The maximum absolute atomic E-state index is 13.6. The molecule has 10 heteroatoms. The van der Waals surface area contributed by atoms with E-state index in [-0.39, 0.29) is 17.0 Å². The van der Waals surface area contributed by atoms with Gasteiger partial charge in [0.25, 0.3) is 5.91 Å². The minimum atomic E-state index is -3.56. The van der Waals surface area contributed by atoms with E-state index in [1.165, 1.54) is 16.4 Å². The first-order valence-corrected chi connectivity index (χ1v) is 10.7. The molecule has 0 spiro atoms. The largest absolute Gasteiger partial charge is 0.350 e. The Bertz CT molecular complexity index is 1010. The fraction of sp³-hybridized carbons (Fsp3) is 0.300. The third kappa shape index (κ3) is 5.83. The second kappa shape index (κ2) is 10.3. The lowest BCUT2D eigenvalue weighted by molar-refractivity contribution is -0.120. The van der Waals surface area contributed by atoms with E-state index in [1.54, 1.807) is 26.0 Å². The minimum Gasteiger partial charge on any atom is -0.350 e. The number of halogens is 2. The van der Waals surface area contributed by atoms with Gasteiger partial charge in [0.1, 0.15) is 11.6 Å². The smallest absolute Gasteiger partial charge is 0.254 e. The first-order valence-electron chi connectivity index (χ1n) is 9.28. The van der Waals surface area contributed by atoms with Crippen molar-refractivity contribution in [3.8, 4) is 0 Å². The van der Waals surface area contributed by atoms with Gasteiger partial charge in [0.05, 0.1) is 17.0 Å². The van der Waals surface area contributed by atoms with Gasteiger partial charge in [-0.05, 0) is 29.8 Å². The number of nitrogens with one attached hydrogen (secondary N) is 2. The molecule has 0 fully saturated rings. The average molecular weight is 439 g/mol.